The molecule has 4 aliphatic carbocycles. The summed E-state index contributed by atoms with van der Waals surface area (Å²) in [5.41, 5.74) is 0.382. The number of rotatable bonds is 7. The van der Waals surface area contributed by atoms with Crippen LogP contribution in [0.15, 0.2) is 35.2 Å². The highest BCUT2D eigenvalue weighted by atomic mass is 32.2. The zero-order valence-electron chi connectivity index (χ0n) is 23.9. The van der Waals surface area contributed by atoms with Crippen molar-refractivity contribution in [2.45, 2.75) is 115 Å². The molecule has 37 heavy (non-hydrogen) atoms. The maximum absolute atomic E-state index is 13.8. The van der Waals surface area contributed by atoms with Gasteiger partial charge in [0.1, 0.15) is 5.25 Å². The molecule has 4 fully saturated rings. The molecule has 206 valence electrons. The number of fused-ring (bicyclic) bond motifs is 5. The van der Waals surface area contributed by atoms with E-state index in [1.54, 1.807) is 24.3 Å². The molecule has 1 aromatic carbocycles. The highest BCUT2D eigenvalue weighted by molar-refractivity contribution is 7.92. The largest absolute Gasteiger partial charge is 0.298 e. The average Bonchev–Trinajstić information content (AvgIpc) is 3.22. The van der Waals surface area contributed by atoms with Gasteiger partial charge < -0.3 is 0 Å². The van der Waals surface area contributed by atoms with Gasteiger partial charge >= 0.3 is 0 Å². The highest BCUT2D eigenvalue weighted by Gasteiger charge is 2.63. The predicted molar refractivity (Wildman–Crippen MR) is 151 cm³/mol. The number of carbonyl (C=O) groups is 1. The summed E-state index contributed by atoms with van der Waals surface area (Å²) in [7, 11) is -3.67. The number of ketones is 1. The van der Waals surface area contributed by atoms with Gasteiger partial charge in [-0.1, -0.05) is 72.1 Å². The molecule has 0 spiro atoms. The minimum Gasteiger partial charge on any atom is -0.298 e. The monoisotopic (exact) mass is 526 g/mol. The molecule has 1 aromatic rings. The first-order valence-corrected chi connectivity index (χ1v) is 16.9. The van der Waals surface area contributed by atoms with E-state index in [2.05, 4.69) is 34.6 Å². The Morgan fingerprint density at radius 1 is 0.838 bits per heavy atom. The topological polar surface area (TPSA) is 51.2 Å². The third-order valence-corrected chi connectivity index (χ3v) is 14.3. The molecule has 4 saturated carbocycles. The molecule has 9 atom stereocenters. The summed E-state index contributed by atoms with van der Waals surface area (Å²) in [6.07, 6.45) is 12.6. The summed E-state index contributed by atoms with van der Waals surface area (Å²) >= 11 is 0. The Kier molecular flexibility index (Phi) is 7.48. The van der Waals surface area contributed by atoms with Gasteiger partial charge in [-0.25, -0.2) is 8.42 Å². The summed E-state index contributed by atoms with van der Waals surface area (Å²) in [6.45, 7) is 12.2. The molecule has 0 aromatic heterocycles. The Morgan fingerprint density at radius 3 is 2.22 bits per heavy atom. The van der Waals surface area contributed by atoms with Gasteiger partial charge in [0, 0.05) is 6.42 Å². The van der Waals surface area contributed by atoms with Crippen molar-refractivity contribution >= 4 is 15.6 Å². The van der Waals surface area contributed by atoms with Crippen LogP contribution in [0.4, 0.5) is 0 Å². The van der Waals surface area contributed by atoms with Crippen LogP contribution in [0, 0.1) is 52.3 Å². The lowest BCUT2D eigenvalue weighted by atomic mass is 9.44. The molecule has 5 rings (SSSR count). The van der Waals surface area contributed by atoms with Crippen molar-refractivity contribution in [2.24, 2.45) is 52.3 Å². The second-order valence-electron chi connectivity index (χ2n) is 14.3. The van der Waals surface area contributed by atoms with Crippen molar-refractivity contribution in [1.82, 2.24) is 0 Å². The van der Waals surface area contributed by atoms with Gasteiger partial charge in [-0.15, -0.1) is 0 Å². The molecule has 4 aliphatic rings. The fourth-order valence-electron chi connectivity index (χ4n) is 10.3. The fourth-order valence-corrected chi connectivity index (χ4v) is 12.5. The number of sulfone groups is 1. The van der Waals surface area contributed by atoms with Gasteiger partial charge in [-0.05, 0) is 109 Å². The lowest BCUT2D eigenvalue weighted by Crippen LogP contribution is -2.59. The Hall–Kier alpha value is -1.16. The molecule has 0 radical (unpaired) electrons. The maximum Gasteiger partial charge on any atom is 0.188 e. The summed E-state index contributed by atoms with van der Waals surface area (Å²) < 4.78 is 27.6. The SMILES string of the molecule is CC(C)CCC[C@@H](C)[C@H]1CC[C@H]2[C@@H]3CC[C@H]4[C@H](S(=O)(=O)c5ccccc5)C(=O)CC[C@]4(C)[C@H]3CC[C@]12C. The van der Waals surface area contributed by atoms with Crippen LogP contribution in [0.3, 0.4) is 0 Å². The minimum atomic E-state index is -3.67. The number of carbonyl (C=O) groups excluding carboxylic acids is 1. The van der Waals surface area contributed by atoms with Crippen LogP contribution in [0.25, 0.3) is 0 Å². The van der Waals surface area contributed by atoms with E-state index in [1.165, 1.54) is 44.9 Å². The van der Waals surface area contributed by atoms with Gasteiger partial charge in [0.15, 0.2) is 15.6 Å². The van der Waals surface area contributed by atoms with Crippen LogP contribution in [-0.4, -0.2) is 19.5 Å². The minimum absolute atomic E-state index is 0.0402. The number of hydrogen-bond donors (Lipinski definition) is 0. The van der Waals surface area contributed by atoms with E-state index >= 15 is 0 Å². The summed E-state index contributed by atoms with van der Waals surface area (Å²) in [4.78, 5) is 13.6. The van der Waals surface area contributed by atoms with Crippen LogP contribution in [0.2, 0.25) is 0 Å². The normalized spacial score (nSPS) is 40.6. The van der Waals surface area contributed by atoms with E-state index < -0.39 is 15.1 Å². The molecular formula is C33H50O3S. The van der Waals surface area contributed by atoms with Gasteiger partial charge in [0.05, 0.1) is 4.90 Å². The first-order valence-electron chi connectivity index (χ1n) is 15.3. The van der Waals surface area contributed by atoms with Gasteiger partial charge in [-0.2, -0.15) is 0 Å². The van der Waals surface area contributed by atoms with E-state index in [0.717, 1.165) is 42.9 Å². The van der Waals surface area contributed by atoms with Gasteiger partial charge in [-0.3, -0.25) is 4.79 Å². The molecule has 0 unspecified atom stereocenters. The third kappa shape index (κ3) is 4.55. The zero-order valence-corrected chi connectivity index (χ0v) is 24.7. The molecule has 4 heteroatoms. The molecule has 0 amide bonds. The van der Waals surface area contributed by atoms with Crippen molar-refractivity contribution in [3.8, 4) is 0 Å². The van der Waals surface area contributed by atoms with Crippen LogP contribution < -0.4 is 0 Å². The van der Waals surface area contributed by atoms with Crippen LogP contribution in [0.5, 0.6) is 0 Å². The molecule has 0 heterocycles. The van der Waals surface area contributed by atoms with Crippen molar-refractivity contribution in [1.29, 1.82) is 0 Å². The fraction of sp³-hybridized carbons (Fsp3) is 0.788. The number of hydrogen-bond acceptors (Lipinski definition) is 3. The van der Waals surface area contributed by atoms with Crippen molar-refractivity contribution < 1.29 is 13.2 Å². The predicted octanol–water partition coefficient (Wildman–Crippen LogP) is 8.13. The van der Waals surface area contributed by atoms with Crippen LogP contribution in [-0.2, 0) is 14.6 Å². The van der Waals surface area contributed by atoms with E-state index in [9.17, 15) is 13.2 Å². The van der Waals surface area contributed by atoms with Gasteiger partial charge in [0.2, 0.25) is 0 Å². The van der Waals surface area contributed by atoms with E-state index in [0.29, 0.717) is 28.6 Å². The maximum atomic E-state index is 13.8. The first kappa shape index (κ1) is 27.4. The van der Waals surface area contributed by atoms with Crippen LogP contribution in [0.1, 0.15) is 105 Å². The number of Topliss-reactive ketones (excluding diaryl/α,β-unsaturated/α-hetero) is 1. The summed E-state index contributed by atoms with van der Waals surface area (Å²) in [5, 5.41) is -0.861. The lowest BCUT2D eigenvalue weighted by Gasteiger charge is -2.61. The average molecular weight is 527 g/mol. The second kappa shape index (κ2) is 10.1. The Labute approximate surface area is 226 Å². The first-order chi connectivity index (χ1) is 17.5. The van der Waals surface area contributed by atoms with E-state index in [4.69, 9.17) is 0 Å². The van der Waals surface area contributed by atoms with Crippen molar-refractivity contribution in [3.63, 3.8) is 0 Å². The number of benzene rings is 1. The standard InChI is InChI=1S/C33H50O3S/c1-22(2)10-9-11-23(3)26-16-17-27-25-14-15-29-31(37(35,36)24-12-7-6-8-13-24)30(34)19-21-33(29,5)28(25)18-20-32(26,27)4/h6-8,12-13,22-23,25-29,31H,9-11,14-21H2,1-5H3/t23-,25+,26-,27+,28+,29+,31+,32-,33-/m1/s1. The molecule has 0 N–H and O–H groups in total. The quantitative estimate of drug-likeness (QED) is 0.360. The molecule has 0 saturated heterocycles. The smallest absolute Gasteiger partial charge is 0.188 e. The van der Waals surface area contributed by atoms with E-state index in [-0.39, 0.29) is 17.1 Å². The lowest BCUT2D eigenvalue weighted by molar-refractivity contribution is -0.139. The molecule has 0 bridgehead atoms. The molecule has 0 aliphatic heterocycles. The van der Waals surface area contributed by atoms with Gasteiger partial charge in [0.25, 0.3) is 0 Å². The van der Waals surface area contributed by atoms with Crippen LogP contribution >= 0.6 is 0 Å². The van der Waals surface area contributed by atoms with Crippen molar-refractivity contribution in [3.05, 3.63) is 30.3 Å². The van der Waals surface area contributed by atoms with Crippen molar-refractivity contribution in [2.75, 3.05) is 0 Å². The Balaban J connectivity index is 1.37. The Bertz CT molecular complexity index is 1080. The Morgan fingerprint density at radius 2 is 1.51 bits per heavy atom. The molecular weight excluding hydrogens is 476 g/mol. The molecule has 3 nitrogen and oxygen atoms in total. The van der Waals surface area contributed by atoms with E-state index in [1.807, 2.05) is 6.07 Å². The zero-order chi connectivity index (χ0) is 26.6. The summed E-state index contributed by atoms with van der Waals surface area (Å²) in [5.74, 6) is 4.35. The third-order valence-electron chi connectivity index (χ3n) is 12.1. The summed E-state index contributed by atoms with van der Waals surface area (Å²) in [6, 6.07) is 8.74. The second-order valence-corrected chi connectivity index (χ2v) is 16.4. The highest BCUT2D eigenvalue weighted by Crippen LogP contribution is 2.68.